The number of nitriles is 1. The molecule has 0 amide bonds. The molecule has 0 unspecified atom stereocenters. The number of fused-ring (bicyclic) bond motifs is 3. The van der Waals surface area contributed by atoms with E-state index in [9.17, 15) is 5.26 Å². The van der Waals surface area contributed by atoms with Crippen molar-refractivity contribution in [1.29, 1.82) is 5.26 Å². The molecule has 42 heavy (non-hydrogen) atoms. The summed E-state index contributed by atoms with van der Waals surface area (Å²) in [6.07, 6.45) is 0. The average Bonchev–Trinajstić information content (AvgIpc) is 3.41. The van der Waals surface area contributed by atoms with Gasteiger partial charge in [-0.05, 0) is 95.7 Å². The monoisotopic (exact) mass is 531 g/mol. The Morgan fingerprint density at radius 1 is 0.357 bits per heavy atom. The van der Waals surface area contributed by atoms with Gasteiger partial charge in [0.1, 0.15) is 0 Å². The zero-order chi connectivity index (χ0) is 28.0. The standard InChI is InChI=1S/C41H25N/c42-26-27-17-19-28(20-18-27)31-13-7-14-32(25-31)33-21-24-38-39-36(33)15-8-16-37(39)40-34(29-9-3-1-4-10-29)22-23-35(41(38)40)30-11-5-2-6-12-30/h1-25H. The van der Waals surface area contributed by atoms with Crippen molar-refractivity contribution in [3.05, 3.63) is 157 Å². The first-order chi connectivity index (χ1) is 20.8. The van der Waals surface area contributed by atoms with Crippen molar-refractivity contribution in [3.63, 3.8) is 0 Å². The van der Waals surface area contributed by atoms with Gasteiger partial charge in [0.25, 0.3) is 0 Å². The van der Waals surface area contributed by atoms with Crippen LogP contribution in [-0.4, -0.2) is 0 Å². The predicted molar refractivity (Wildman–Crippen MR) is 175 cm³/mol. The van der Waals surface area contributed by atoms with E-state index in [1.54, 1.807) is 0 Å². The first-order valence-corrected chi connectivity index (χ1v) is 14.3. The van der Waals surface area contributed by atoms with E-state index in [0.29, 0.717) is 5.56 Å². The van der Waals surface area contributed by atoms with Crippen molar-refractivity contribution < 1.29 is 0 Å². The first-order valence-electron chi connectivity index (χ1n) is 14.3. The van der Waals surface area contributed by atoms with Crippen molar-refractivity contribution in [3.8, 4) is 72.8 Å². The maximum atomic E-state index is 9.22. The maximum absolute atomic E-state index is 9.22. The molecule has 1 aliphatic carbocycles. The van der Waals surface area contributed by atoms with Crippen LogP contribution in [0, 0.1) is 11.3 Å². The van der Waals surface area contributed by atoms with E-state index < -0.39 is 0 Å². The summed E-state index contributed by atoms with van der Waals surface area (Å²) >= 11 is 0. The van der Waals surface area contributed by atoms with Gasteiger partial charge in [0, 0.05) is 0 Å². The molecule has 1 nitrogen and oxygen atoms in total. The fourth-order valence-corrected chi connectivity index (χ4v) is 6.56. The molecule has 0 saturated carbocycles. The van der Waals surface area contributed by atoms with E-state index in [1.807, 2.05) is 24.3 Å². The molecule has 7 aromatic carbocycles. The van der Waals surface area contributed by atoms with Gasteiger partial charge < -0.3 is 0 Å². The minimum Gasteiger partial charge on any atom is -0.192 e. The quantitative estimate of drug-likeness (QED) is 0.222. The van der Waals surface area contributed by atoms with Gasteiger partial charge in [-0.25, -0.2) is 0 Å². The molecule has 0 atom stereocenters. The highest BCUT2D eigenvalue weighted by molar-refractivity contribution is 6.23. The van der Waals surface area contributed by atoms with Crippen LogP contribution < -0.4 is 0 Å². The van der Waals surface area contributed by atoms with Crippen LogP contribution in [0.2, 0.25) is 0 Å². The summed E-state index contributed by atoms with van der Waals surface area (Å²) in [7, 11) is 0. The van der Waals surface area contributed by atoms with E-state index in [2.05, 4.69) is 133 Å². The summed E-state index contributed by atoms with van der Waals surface area (Å²) in [5.74, 6) is 0. The topological polar surface area (TPSA) is 23.8 Å². The van der Waals surface area contributed by atoms with Crippen LogP contribution >= 0.6 is 0 Å². The lowest BCUT2D eigenvalue weighted by atomic mass is 9.88. The number of benzene rings is 7. The van der Waals surface area contributed by atoms with Gasteiger partial charge in [-0.15, -0.1) is 0 Å². The Labute approximate surface area is 245 Å². The molecule has 1 aliphatic rings. The summed E-state index contributed by atoms with van der Waals surface area (Å²) < 4.78 is 0. The third-order valence-corrected chi connectivity index (χ3v) is 8.48. The number of rotatable bonds is 4. The Hall–Kier alpha value is -5.71. The minimum atomic E-state index is 0.673. The van der Waals surface area contributed by atoms with Crippen molar-refractivity contribution >= 4 is 10.8 Å². The molecular weight excluding hydrogens is 506 g/mol. The molecule has 0 heterocycles. The number of nitrogens with zero attached hydrogens (tertiary/aromatic N) is 1. The molecule has 0 aliphatic heterocycles. The SMILES string of the molecule is N#Cc1ccc(-c2cccc(-c3ccc4c5c(cccc35)-c3c(-c5ccccc5)ccc(-c5ccccc5)c3-4)c2)cc1. The molecule has 0 N–H and O–H groups in total. The van der Waals surface area contributed by atoms with E-state index in [0.717, 1.165) is 11.1 Å². The van der Waals surface area contributed by atoms with Crippen LogP contribution in [0.4, 0.5) is 0 Å². The molecule has 0 radical (unpaired) electrons. The zero-order valence-electron chi connectivity index (χ0n) is 22.9. The predicted octanol–water partition coefficient (Wildman–Crippen LogP) is 11.0. The Balaban J connectivity index is 1.36. The van der Waals surface area contributed by atoms with E-state index in [-0.39, 0.29) is 0 Å². The Bertz CT molecular complexity index is 2090. The fourth-order valence-electron chi connectivity index (χ4n) is 6.56. The molecule has 7 aromatic rings. The summed E-state index contributed by atoms with van der Waals surface area (Å²) in [6.45, 7) is 0. The van der Waals surface area contributed by atoms with Crippen molar-refractivity contribution in [2.45, 2.75) is 0 Å². The smallest absolute Gasteiger partial charge is 0.0991 e. The second kappa shape index (κ2) is 9.73. The minimum absolute atomic E-state index is 0.673. The highest BCUT2D eigenvalue weighted by atomic mass is 14.3. The van der Waals surface area contributed by atoms with Gasteiger partial charge in [0.05, 0.1) is 11.6 Å². The molecule has 8 rings (SSSR count). The fraction of sp³-hybridized carbons (Fsp3) is 0. The van der Waals surface area contributed by atoms with Gasteiger partial charge in [-0.3, -0.25) is 0 Å². The van der Waals surface area contributed by atoms with Crippen molar-refractivity contribution in [2.24, 2.45) is 0 Å². The normalized spacial score (nSPS) is 11.3. The van der Waals surface area contributed by atoms with Crippen LogP contribution in [-0.2, 0) is 0 Å². The van der Waals surface area contributed by atoms with E-state index in [4.69, 9.17) is 0 Å². The van der Waals surface area contributed by atoms with Crippen LogP contribution in [0.25, 0.3) is 77.5 Å². The van der Waals surface area contributed by atoms with Crippen LogP contribution in [0.1, 0.15) is 5.56 Å². The third-order valence-electron chi connectivity index (χ3n) is 8.48. The lowest BCUT2D eigenvalue weighted by Crippen LogP contribution is -1.89. The second-order valence-electron chi connectivity index (χ2n) is 10.8. The molecular formula is C41H25N. The van der Waals surface area contributed by atoms with Gasteiger partial charge in [-0.2, -0.15) is 5.26 Å². The zero-order valence-corrected chi connectivity index (χ0v) is 22.9. The van der Waals surface area contributed by atoms with Gasteiger partial charge in [0.2, 0.25) is 0 Å². The molecule has 1 heteroatoms. The van der Waals surface area contributed by atoms with E-state index in [1.165, 1.54) is 66.4 Å². The second-order valence-corrected chi connectivity index (χ2v) is 10.8. The van der Waals surface area contributed by atoms with Crippen LogP contribution in [0.3, 0.4) is 0 Å². The molecule has 0 saturated heterocycles. The lowest BCUT2D eigenvalue weighted by Gasteiger charge is -2.15. The number of hydrogen-bond acceptors (Lipinski definition) is 1. The molecule has 194 valence electrons. The Morgan fingerprint density at radius 2 is 0.881 bits per heavy atom. The summed E-state index contributed by atoms with van der Waals surface area (Å²) in [5, 5.41) is 11.8. The van der Waals surface area contributed by atoms with Crippen LogP contribution in [0.5, 0.6) is 0 Å². The Kier molecular flexibility index (Phi) is 5.59. The Morgan fingerprint density at radius 3 is 1.52 bits per heavy atom. The van der Waals surface area contributed by atoms with Crippen molar-refractivity contribution in [2.75, 3.05) is 0 Å². The molecule has 0 bridgehead atoms. The third kappa shape index (κ3) is 3.78. The van der Waals surface area contributed by atoms with Gasteiger partial charge >= 0.3 is 0 Å². The van der Waals surface area contributed by atoms with Crippen LogP contribution in [0.15, 0.2) is 152 Å². The highest BCUT2D eigenvalue weighted by Gasteiger charge is 2.28. The average molecular weight is 532 g/mol. The molecule has 0 spiro atoms. The van der Waals surface area contributed by atoms with Gasteiger partial charge in [0.15, 0.2) is 0 Å². The maximum Gasteiger partial charge on any atom is 0.0991 e. The molecule has 0 aromatic heterocycles. The number of hydrogen-bond donors (Lipinski definition) is 0. The largest absolute Gasteiger partial charge is 0.192 e. The van der Waals surface area contributed by atoms with E-state index >= 15 is 0 Å². The van der Waals surface area contributed by atoms with Crippen molar-refractivity contribution in [1.82, 2.24) is 0 Å². The first kappa shape index (κ1) is 24.1. The highest BCUT2D eigenvalue weighted by Crippen LogP contribution is 2.55. The summed E-state index contributed by atoms with van der Waals surface area (Å²) in [5.41, 5.74) is 15.5. The molecule has 0 fully saturated rings. The summed E-state index contributed by atoms with van der Waals surface area (Å²) in [6, 6.07) is 56.2. The lowest BCUT2D eigenvalue weighted by molar-refractivity contribution is 1.48. The van der Waals surface area contributed by atoms with Gasteiger partial charge in [-0.1, -0.05) is 133 Å². The summed E-state index contributed by atoms with van der Waals surface area (Å²) in [4.78, 5) is 0.